The molecule has 12 nitrogen and oxygen atoms in total. The molecule has 302 valence electrons. The Morgan fingerprint density at radius 1 is 0.811 bits per heavy atom. The second kappa shape index (κ2) is 13.5. The van der Waals surface area contributed by atoms with Gasteiger partial charge in [0.05, 0.1) is 30.8 Å². The zero-order valence-corrected chi connectivity index (χ0v) is 32.7. The van der Waals surface area contributed by atoms with Crippen LogP contribution in [0.4, 0.5) is 0 Å². The summed E-state index contributed by atoms with van der Waals surface area (Å²) in [6, 6.07) is 0. The van der Waals surface area contributed by atoms with E-state index in [1.54, 1.807) is 0 Å². The minimum absolute atomic E-state index is 0.0397. The van der Waals surface area contributed by atoms with E-state index in [2.05, 4.69) is 47.6 Å². The van der Waals surface area contributed by atoms with E-state index in [0.717, 1.165) is 51.4 Å². The quantitative estimate of drug-likeness (QED) is 0.155. The highest BCUT2D eigenvalue weighted by Crippen LogP contribution is 2.76. The molecule has 0 unspecified atom stereocenters. The van der Waals surface area contributed by atoms with Crippen LogP contribution in [0.15, 0.2) is 11.6 Å². The lowest BCUT2D eigenvalue weighted by molar-refractivity contribution is -0.350. The van der Waals surface area contributed by atoms with Gasteiger partial charge in [0, 0.05) is 5.41 Å². The summed E-state index contributed by atoms with van der Waals surface area (Å²) >= 11 is 0. The van der Waals surface area contributed by atoms with E-state index in [1.807, 2.05) is 0 Å². The maximum Gasteiger partial charge on any atom is 0.310 e. The van der Waals surface area contributed by atoms with Crippen molar-refractivity contribution in [1.29, 1.82) is 0 Å². The molecule has 4 saturated carbocycles. The van der Waals surface area contributed by atoms with Crippen LogP contribution in [0.1, 0.15) is 113 Å². The summed E-state index contributed by atoms with van der Waals surface area (Å²) in [5, 5.41) is 74.8. The van der Waals surface area contributed by atoms with E-state index in [1.165, 1.54) is 12.5 Å². The maximum atomic E-state index is 13.0. The molecule has 0 aromatic rings. The third kappa shape index (κ3) is 5.85. The number of aliphatic hydroxyl groups excluding tert-OH is 6. The zero-order chi connectivity index (χ0) is 38.7. The van der Waals surface area contributed by atoms with Crippen molar-refractivity contribution in [3.63, 3.8) is 0 Å². The molecule has 2 aliphatic heterocycles. The number of hydrogen-bond acceptors (Lipinski definition) is 11. The first-order chi connectivity index (χ1) is 24.7. The predicted molar refractivity (Wildman–Crippen MR) is 192 cm³/mol. The van der Waals surface area contributed by atoms with Gasteiger partial charge >= 0.3 is 5.97 Å². The molecule has 0 spiro atoms. The van der Waals surface area contributed by atoms with Crippen molar-refractivity contribution in [3.8, 4) is 0 Å². The summed E-state index contributed by atoms with van der Waals surface area (Å²) < 4.78 is 23.8. The monoisotopic (exact) mass is 750 g/mol. The van der Waals surface area contributed by atoms with Crippen molar-refractivity contribution in [2.75, 3.05) is 13.2 Å². The summed E-state index contributed by atoms with van der Waals surface area (Å²) in [5.41, 5.74) is -0.134. The molecule has 0 amide bonds. The number of aliphatic hydroxyl groups is 6. The third-order valence-electron chi connectivity index (χ3n) is 17.0. The smallest absolute Gasteiger partial charge is 0.310 e. The SMILES string of the molecule is C[C@@H]1O[C@@H](O[C@@H]2CO[C@@H](O[C@H]3CC[C@@]4(C)[C@@H](CC[C@]5(C)[C@@H]4CC=C4[C@H]6CC(C)(C)CC[C@]6(C(=O)O)CC[C@]45C)[C@]3(C)CO)[C@H](O)[C@H]2O)[C@H](O)[C@H](O)[C@H]1O. The van der Waals surface area contributed by atoms with Gasteiger partial charge in [-0.3, -0.25) is 4.79 Å². The summed E-state index contributed by atoms with van der Waals surface area (Å²) in [4.78, 5) is 13.0. The van der Waals surface area contributed by atoms with Crippen molar-refractivity contribution < 1.29 is 59.5 Å². The normalized spacial score (nSPS) is 55.1. The van der Waals surface area contributed by atoms with E-state index in [-0.39, 0.29) is 46.7 Å². The third-order valence-corrected chi connectivity index (χ3v) is 17.0. The Kier molecular flexibility index (Phi) is 10.2. The van der Waals surface area contributed by atoms with Gasteiger partial charge in [-0.25, -0.2) is 0 Å². The van der Waals surface area contributed by atoms with Gasteiger partial charge in [-0.15, -0.1) is 0 Å². The van der Waals surface area contributed by atoms with Crippen molar-refractivity contribution in [3.05, 3.63) is 11.6 Å². The number of carboxylic acids is 1. The fraction of sp³-hybridized carbons (Fsp3) is 0.927. The number of allylic oxidation sites excluding steroid dienone is 2. The lowest BCUT2D eigenvalue weighted by Crippen LogP contribution is -2.66. The molecule has 53 heavy (non-hydrogen) atoms. The van der Waals surface area contributed by atoms with Crippen LogP contribution in [-0.2, 0) is 23.7 Å². The zero-order valence-electron chi connectivity index (χ0n) is 32.7. The minimum Gasteiger partial charge on any atom is -0.481 e. The van der Waals surface area contributed by atoms with Crippen molar-refractivity contribution in [1.82, 2.24) is 0 Å². The molecular weight excluding hydrogens is 684 g/mol. The summed E-state index contributed by atoms with van der Waals surface area (Å²) in [6.07, 6.45) is -1.40. The van der Waals surface area contributed by atoms with Crippen molar-refractivity contribution >= 4 is 5.97 Å². The van der Waals surface area contributed by atoms with Crippen molar-refractivity contribution in [2.45, 2.75) is 174 Å². The molecule has 18 atom stereocenters. The van der Waals surface area contributed by atoms with Crippen molar-refractivity contribution in [2.24, 2.45) is 50.2 Å². The van der Waals surface area contributed by atoms with Gasteiger partial charge in [-0.1, -0.05) is 53.2 Å². The molecule has 6 fully saturated rings. The number of hydrogen-bond donors (Lipinski definition) is 7. The number of ether oxygens (including phenoxy) is 4. The number of fused-ring (bicyclic) bond motifs is 7. The molecule has 2 saturated heterocycles. The van der Waals surface area contributed by atoms with E-state index in [4.69, 9.17) is 18.9 Å². The highest BCUT2D eigenvalue weighted by atomic mass is 16.7. The van der Waals surface area contributed by atoms with Crippen LogP contribution in [0.25, 0.3) is 0 Å². The number of aliphatic carboxylic acids is 1. The Morgan fingerprint density at radius 2 is 1.49 bits per heavy atom. The Labute approximate surface area is 314 Å². The average molecular weight is 751 g/mol. The molecule has 0 aromatic heterocycles. The van der Waals surface area contributed by atoms with Gasteiger partial charge in [-0.2, -0.15) is 0 Å². The lowest BCUT2D eigenvalue weighted by Gasteiger charge is -2.71. The highest BCUT2D eigenvalue weighted by Gasteiger charge is 2.70. The van der Waals surface area contributed by atoms with Gasteiger partial charge in [0.15, 0.2) is 12.6 Å². The van der Waals surface area contributed by atoms with Crippen LogP contribution in [0.3, 0.4) is 0 Å². The first-order valence-electron chi connectivity index (χ1n) is 20.2. The van der Waals surface area contributed by atoms with Crippen LogP contribution < -0.4 is 0 Å². The molecule has 0 aromatic carbocycles. The van der Waals surface area contributed by atoms with E-state index >= 15 is 0 Å². The second-order valence-electron chi connectivity index (χ2n) is 20.0. The standard InChI is InChI=1S/C41H66O12/c1-21-28(43)30(45)32(47)34(51-21)52-24-19-50-33(31(46)29(24)44)53-27-11-12-37(4)25(38(27,5)20-42)10-13-40(7)26(37)9-8-22-23-18-36(2,3)14-16-41(23,35(48)49)17-15-39(22,40)6/h8,21,23-34,42-47H,9-20H2,1-7H3,(H,48,49)/t21-,23+,24+,25+,26+,27-,28-,29-,30+,31+,32+,33-,34-,37-,38-,39+,40+,41-/m0/s1. The van der Waals surface area contributed by atoms with Gasteiger partial charge in [0.2, 0.25) is 0 Å². The molecule has 5 aliphatic carbocycles. The molecule has 7 rings (SSSR count). The predicted octanol–water partition coefficient (Wildman–Crippen LogP) is 3.52. The topological polar surface area (TPSA) is 196 Å². The number of rotatable bonds is 6. The number of carbonyl (C=O) groups is 1. The van der Waals surface area contributed by atoms with Gasteiger partial charge < -0.3 is 54.7 Å². The van der Waals surface area contributed by atoms with Crippen LogP contribution in [0, 0.1) is 50.2 Å². The maximum absolute atomic E-state index is 13.0. The van der Waals surface area contributed by atoms with Crippen LogP contribution in [0.2, 0.25) is 0 Å². The Bertz CT molecular complexity index is 1440. The van der Waals surface area contributed by atoms with Crippen LogP contribution >= 0.6 is 0 Å². The number of carboxylic acid groups (broad SMARTS) is 1. The first-order valence-corrected chi connectivity index (χ1v) is 20.2. The van der Waals surface area contributed by atoms with E-state index in [9.17, 15) is 40.5 Å². The summed E-state index contributed by atoms with van der Waals surface area (Å²) in [7, 11) is 0. The Balaban J connectivity index is 1.08. The average Bonchev–Trinajstić information content (AvgIpc) is 3.10. The molecule has 2 heterocycles. The minimum atomic E-state index is -1.57. The fourth-order valence-electron chi connectivity index (χ4n) is 13.3. The molecular formula is C41H66O12. The van der Waals surface area contributed by atoms with Gasteiger partial charge in [0.1, 0.15) is 36.6 Å². The second-order valence-corrected chi connectivity index (χ2v) is 20.0. The van der Waals surface area contributed by atoms with Gasteiger partial charge in [0.25, 0.3) is 0 Å². The Morgan fingerprint density at radius 3 is 2.17 bits per heavy atom. The molecule has 0 radical (unpaired) electrons. The Hall–Kier alpha value is -1.19. The molecule has 0 bridgehead atoms. The summed E-state index contributed by atoms with van der Waals surface area (Å²) in [5.74, 6) is -0.139. The molecule has 7 aliphatic rings. The molecule has 7 N–H and O–H groups in total. The molecule has 12 heteroatoms. The largest absolute Gasteiger partial charge is 0.481 e. The fourth-order valence-corrected chi connectivity index (χ4v) is 13.3. The van der Waals surface area contributed by atoms with Crippen LogP contribution in [-0.4, -0.2) is 116 Å². The highest BCUT2D eigenvalue weighted by molar-refractivity contribution is 5.76. The lowest BCUT2D eigenvalue weighted by atomic mass is 9.33. The van der Waals surface area contributed by atoms with Gasteiger partial charge in [-0.05, 0) is 111 Å². The van der Waals surface area contributed by atoms with E-state index in [0.29, 0.717) is 18.8 Å². The van der Waals surface area contributed by atoms with E-state index < -0.39 is 78.2 Å². The summed E-state index contributed by atoms with van der Waals surface area (Å²) in [6.45, 7) is 15.2. The first kappa shape index (κ1) is 40.0. The van der Waals surface area contributed by atoms with Crippen LogP contribution in [0.5, 0.6) is 0 Å².